The molecular formula is C26H34N6O4. The lowest BCUT2D eigenvalue weighted by Gasteiger charge is -2.32. The van der Waals surface area contributed by atoms with Gasteiger partial charge in [-0.25, -0.2) is 4.98 Å². The van der Waals surface area contributed by atoms with Crippen LogP contribution in [0.15, 0.2) is 41.7 Å². The third kappa shape index (κ3) is 5.34. The van der Waals surface area contributed by atoms with E-state index in [1.165, 1.54) is 6.20 Å². The Labute approximate surface area is 210 Å². The van der Waals surface area contributed by atoms with Crippen molar-refractivity contribution >= 4 is 22.6 Å². The predicted octanol–water partition coefficient (Wildman–Crippen LogP) is 2.46. The zero-order valence-corrected chi connectivity index (χ0v) is 21.4. The molecule has 0 aliphatic carbocycles. The second-order valence-corrected chi connectivity index (χ2v) is 9.34. The van der Waals surface area contributed by atoms with Crippen molar-refractivity contribution in [3.63, 3.8) is 0 Å². The highest BCUT2D eigenvalue weighted by atomic mass is 16.5. The van der Waals surface area contributed by atoms with Gasteiger partial charge < -0.3 is 19.9 Å². The molecule has 36 heavy (non-hydrogen) atoms. The topological polar surface area (TPSA) is 114 Å². The molecule has 3 aromatic rings. The van der Waals surface area contributed by atoms with Gasteiger partial charge in [0, 0.05) is 49.5 Å². The molecule has 0 spiro atoms. The second kappa shape index (κ2) is 11.0. The van der Waals surface area contributed by atoms with Gasteiger partial charge in [0.15, 0.2) is 11.5 Å². The zero-order chi connectivity index (χ0) is 25.8. The fraction of sp³-hybridized carbons (Fsp3) is 0.462. The molecule has 1 aliphatic rings. The Kier molecular flexibility index (Phi) is 7.85. The van der Waals surface area contributed by atoms with Gasteiger partial charge in [0.25, 0.3) is 5.91 Å². The third-order valence-corrected chi connectivity index (χ3v) is 6.20. The molecule has 0 radical (unpaired) electrons. The number of aliphatic hydroxyl groups is 1. The van der Waals surface area contributed by atoms with Gasteiger partial charge in [-0.2, -0.15) is 4.99 Å². The highest BCUT2D eigenvalue weighted by Crippen LogP contribution is 2.37. The number of aliphatic hydroxyl groups excluding tert-OH is 1. The molecule has 192 valence electrons. The molecule has 0 bridgehead atoms. The van der Waals surface area contributed by atoms with Crippen molar-refractivity contribution in [1.82, 2.24) is 19.4 Å². The molecule has 1 amide bonds. The number of ether oxygens (including phenoxy) is 2. The van der Waals surface area contributed by atoms with E-state index in [1.54, 1.807) is 25.4 Å². The maximum atomic E-state index is 12.8. The van der Waals surface area contributed by atoms with Crippen molar-refractivity contribution in [1.29, 1.82) is 0 Å². The van der Waals surface area contributed by atoms with E-state index in [1.807, 2.05) is 16.7 Å². The summed E-state index contributed by atoms with van der Waals surface area (Å²) < 4.78 is 13.6. The smallest absolute Gasteiger partial charge is 0.281 e. The summed E-state index contributed by atoms with van der Waals surface area (Å²) in [6, 6.07) is 7.69. The van der Waals surface area contributed by atoms with E-state index < -0.39 is 12.0 Å². The maximum absolute atomic E-state index is 12.8. The van der Waals surface area contributed by atoms with Crippen LogP contribution >= 0.6 is 0 Å². The van der Waals surface area contributed by atoms with Crippen LogP contribution in [0.2, 0.25) is 0 Å². The van der Waals surface area contributed by atoms with Gasteiger partial charge in [-0.15, -0.1) is 0 Å². The molecule has 10 heteroatoms. The molecule has 4 rings (SSSR count). The number of carbonyl (C=O) groups excluding carboxylic acids is 1. The van der Waals surface area contributed by atoms with Crippen LogP contribution in [0.25, 0.3) is 10.9 Å². The first-order valence-electron chi connectivity index (χ1n) is 12.2. The minimum Gasteiger partial charge on any atom is -0.491 e. The Morgan fingerprint density at radius 2 is 2.03 bits per heavy atom. The molecule has 1 unspecified atom stereocenters. The van der Waals surface area contributed by atoms with Gasteiger partial charge in [-0.05, 0) is 52.0 Å². The summed E-state index contributed by atoms with van der Waals surface area (Å²) in [5.41, 5.74) is 1.18. The number of amides is 1. The third-order valence-electron chi connectivity index (χ3n) is 6.20. The number of hydrogen-bond donors (Lipinski definition) is 2. The average Bonchev–Trinajstić information content (AvgIpc) is 3.36. The van der Waals surface area contributed by atoms with Gasteiger partial charge in [0.05, 0.1) is 12.7 Å². The summed E-state index contributed by atoms with van der Waals surface area (Å²) in [6.45, 7) is 10.4. The standard InChI is InChI=1S/C26H34N6O4/c1-16(2)32(17(3)4)14-19(33)15-36-21-9-8-20-22(23(21)35-5)29-26(31-12-11-28-24(20)31)30-25(34)18-7-6-10-27-13-18/h6-10,13,16-17,19,28,33H,11-12,14-15H2,1-5H3. The number of nitrogens with one attached hydrogen (secondary N) is 1. The number of rotatable bonds is 9. The number of nitrogens with zero attached hydrogens (tertiary/aromatic N) is 5. The number of anilines is 1. The molecule has 0 saturated heterocycles. The summed E-state index contributed by atoms with van der Waals surface area (Å²) in [7, 11) is 1.55. The molecule has 2 N–H and O–H groups in total. The van der Waals surface area contributed by atoms with E-state index in [2.05, 4.69) is 47.9 Å². The number of methoxy groups -OCH3 is 1. The van der Waals surface area contributed by atoms with Gasteiger partial charge in [-0.3, -0.25) is 19.2 Å². The van der Waals surface area contributed by atoms with Crippen LogP contribution < -0.4 is 20.4 Å². The lowest BCUT2D eigenvalue weighted by molar-refractivity contribution is 0.0439. The van der Waals surface area contributed by atoms with Crippen LogP contribution in [0.5, 0.6) is 11.5 Å². The Morgan fingerprint density at radius 3 is 2.69 bits per heavy atom. The van der Waals surface area contributed by atoms with Crippen molar-refractivity contribution in [3.05, 3.63) is 47.8 Å². The minimum atomic E-state index is -0.678. The molecule has 1 atom stereocenters. The van der Waals surface area contributed by atoms with E-state index in [0.717, 1.165) is 11.2 Å². The van der Waals surface area contributed by atoms with Crippen LogP contribution in [0.1, 0.15) is 38.1 Å². The van der Waals surface area contributed by atoms with Crippen LogP contribution in [0, 0.1) is 0 Å². The van der Waals surface area contributed by atoms with Crippen molar-refractivity contribution < 1.29 is 19.4 Å². The average molecular weight is 495 g/mol. The lowest BCUT2D eigenvalue weighted by atomic mass is 10.2. The first kappa shape index (κ1) is 25.6. The monoisotopic (exact) mass is 494 g/mol. The van der Waals surface area contributed by atoms with Gasteiger partial charge in [-0.1, -0.05) is 0 Å². The SMILES string of the molecule is COc1c(OCC(O)CN(C(C)C)C(C)C)ccc2c3n(c(=NC(=O)c4cccnc4)nc12)CCN3. The summed E-state index contributed by atoms with van der Waals surface area (Å²) in [5.74, 6) is 1.27. The minimum absolute atomic E-state index is 0.104. The van der Waals surface area contributed by atoms with Crippen LogP contribution in [0.3, 0.4) is 0 Å². The lowest BCUT2D eigenvalue weighted by Crippen LogP contribution is -2.43. The van der Waals surface area contributed by atoms with Crippen LogP contribution in [-0.2, 0) is 6.54 Å². The highest BCUT2D eigenvalue weighted by molar-refractivity contribution is 5.96. The molecule has 1 aromatic carbocycles. The maximum Gasteiger partial charge on any atom is 0.281 e. The van der Waals surface area contributed by atoms with E-state index in [0.29, 0.717) is 54.3 Å². The van der Waals surface area contributed by atoms with Crippen molar-refractivity contribution in [2.75, 3.05) is 32.1 Å². The first-order valence-corrected chi connectivity index (χ1v) is 12.2. The summed E-state index contributed by atoms with van der Waals surface area (Å²) in [5, 5.41) is 14.8. The van der Waals surface area contributed by atoms with E-state index >= 15 is 0 Å². The quantitative estimate of drug-likeness (QED) is 0.466. The molecule has 2 aromatic heterocycles. The van der Waals surface area contributed by atoms with E-state index in [-0.39, 0.29) is 12.2 Å². The largest absolute Gasteiger partial charge is 0.491 e. The number of aromatic nitrogens is 3. The molecule has 3 heterocycles. The van der Waals surface area contributed by atoms with Crippen molar-refractivity contribution in [2.24, 2.45) is 4.99 Å². The fourth-order valence-electron chi connectivity index (χ4n) is 4.49. The Bertz CT molecular complexity index is 1280. The second-order valence-electron chi connectivity index (χ2n) is 9.34. The predicted molar refractivity (Wildman–Crippen MR) is 137 cm³/mol. The number of pyridine rings is 1. The Morgan fingerprint density at radius 1 is 1.25 bits per heavy atom. The molecular weight excluding hydrogens is 460 g/mol. The fourth-order valence-corrected chi connectivity index (χ4v) is 4.49. The van der Waals surface area contributed by atoms with Crippen LogP contribution in [0.4, 0.5) is 5.82 Å². The number of benzene rings is 1. The molecule has 0 saturated carbocycles. The van der Waals surface area contributed by atoms with Gasteiger partial charge in [0.1, 0.15) is 24.0 Å². The number of fused-ring (bicyclic) bond motifs is 3. The van der Waals surface area contributed by atoms with E-state index in [9.17, 15) is 9.90 Å². The van der Waals surface area contributed by atoms with Crippen LogP contribution in [-0.4, -0.2) is 75.4 Å². The van der Waals surface area contributed by atoms with E-state index in [4.69, 9.17) is 14.5 Å². The number of hydrogen-bond acceptors (Lipinski definition) is 8. The number of carbonyl (C=O) groups is 1. The molecule has 10 nitrogen and oxygen atoms in total. The van der Waals surface area contributed by atoms with Gasteiger partial charge in [0.2, 0.25) is 5.62 Å². The Balaban J connectivity index is 1.68. The highest BCUT2D eigenvalue weighted by Gasteiger charge is 2.22. The normalized spacial score (nSPS) is 14.4. The zero-order valence-electron chi connectivity index (χ0n) is 21.4. The summed E-state index contributed by atoms with van der Waals surface area (Å²) in [6.07, 6.45) is 2.41. The Hall–Kier alpha value is -3.50. The summed E-state index contributed by atoms with van der Waals surface area (Å²) >= 11 is 0. The molecule has 0 fully saturated rings. The summed E-state index contributed by atoms with van der Waals surface area (Å²) in [4.78, 5) is 28.0. The molecule has 1 aliphatic heterocycles. The van der Waals surface area contributed by atoms with Crippen molar-refractivity contribution in [3.8, 4) is 11.5 Å². The van der Waals surface area contributed by atoms with Crippen molar-refractivity contribution in [2.45, 2.75) is 52.4 Å². The first-order chi connectivity index (χ1) is 17.3. The van der Waals surface area contributed by atoms with Gasteiger partial charge >= 0.3 is 0 Å².